The number of hydrogen-bond acceptors (Lipinski definition) is 10. The van der Waals surface area contributed by atoms with E-state index in [1.54, 1.807) is 30.3 Å². The predicted octanol–water partition coefficient (Wildman–Crippen LogP) is -2.90. The van der Waals surface area contributed by atoms with Crippen LogP contribution in [0.3, 0.4) is 0 Å². The molecule has 1 aromatic carbocycles. The number of carboxylic acids is 2. The summed E-state index contributed by atoms with van der Waals surface area (Å²) in [6.45, 7) is 0.522. The summed E-state index contributed by atoms with van der Waals surface area (Å²) in [5.74, 6) is -7.24. The quantitative estimate of drug-likeness (QED) is 0.0276. The lowest BCUT2D eigenvalue weighted by Gasteiger charge is -2.26. The minimum Gasteiger partial charge on any atom is -0.481 e. The summed E-state index contributed by atoms with van der Waals surface area (Å²) in [6.07, 6.45) is -0.0665. The fourth-order valence-electron chi connectivity index (χ4n) is 4.67. The molecule has 1 rings (SSSR count). The second kappa shape index (κ2) is 23.1. The number of carbonyl (C=O) groups is 7. The van der Waals surface area contributed by atoms with E-state index in [1.807, 2.05) is 0 Å². The number of amides is 5. The van der Waals surface area contributed by atoms with Gasteiger partial charge in [-0.1, -0.05) is 36.8 Å². The van der Waals surface area contributed by atoms with Crippen molar-refractivity contribution in [3.63, 3.8) is 0 Å². The number of unbranched alkanes of at least 4 members (excludes halogenated alkanes) is 1. The Morgan fingerprint density at radius 3 is 1.76 bits per heavy atom. The zero-order valence-corrected chi connectivity index (χ0v) is 27.8. The Balaban J connectivity index is 3.28. The SMILES string of the molecule is N=C(N)NCCC[C@H](NC(=O)[C@H](CCC(=O)O)NC(=O)[C@H](Cc1ccccc1)NC(=O)[C@@H](N)CCCCN)C(=O)N[C@@H](CCC(N)=O)C(=O)O. The molecule has 19 heteroatoms. The largest absolute Gasteiger partial charge is 0.481 e. The van der Waals surface area contributed by atoms with E-state index in [0.29, 0.717) is 31.4 Å². The molecule has 5 atom stereocenters. The van der Waals surface area contributed by atoms with E-state index in [1.165, 1.54) is 0 Å². The molecule has 1 aromatic rings. The molecule has 0 saturated heterocycles. The van der Waals surface area contributed by atoms with Gasteiger partial charge in [0.25, 0.3) is 0 Å². The number of rotatable bonds is 25. The lowest BCUT2D eigenvalue weighted by molar-refractivity contribution is -0.142. The summed E-state index contributed by atoms with van der Waals surface area (Å²) < 4.78 is 0. The van der Waals surface area contributed by atoms with Gasteiger partial charge in [-0.15, -0.1) is 0 Å². The molecule has 5 amide bonds. The van der Waals surface area contributed by atoms with Gasteiger partial charge in [-0.25, -0.2) is 4.79 Å². The van der Waals surface area contributed by atoms with E-state index in [-0.39, 0.29) is 44.6 Å². The Morgan fingerprint density at radius 2 is 1.22 bits per heavy atom. The average molecular weight is 707 g/mol. The molecule has 0 heterocycles. The van der Waals surface area contributed by atoms with Crippen molar-refractivity contribution in [3.8, 4) is 0 Å². The number of aliphatic carboxylic acids is 2. The number of primary amides is 1. The van der Waals surface area contributed by atoms with Gasteiger partial charge in [0, 0.05) is 25.8 Å². The van der Waals surface area contributed by atoms with Crippen LogP contribution in [0.1, 0.15) is 63.4 Å². The number of nitrogens with two attached hydrogens (primary N) is 4. The molecule has 0 radical (unpaired) electrons. The van der Waals surface area contributed by atoms with Crippen LogP contribution < -0.4 is 49.5 Å². The van der Waals surface area contributed by atoms with E-state index >= 15 is 0 Å². The van der Waals surface area contributed by atoms with Crippen LogP contribution in [0, 0.1) is 5.41 Å². The first-order chi connectivity index (χ1) is 23.6. The van der Waals surface area contributed by atoms with Crippen molar-refractivity contribution in [1.82, 2.24) is 26.6 Å². The highest BCUT2D eigenvalue weighted by Crippen LogP contribution is 2.09. The first-order valence-corrected chi connectivity index (χ1v) is 16.2. The molecule has 19 nitrogen and oxygen atoms in total. The number of carboxylic acid groups (broad SMARTS) is 2. The monoisotopic (exact) mass is 706 g/mol. The van der Waals surface area contributed by atoms with Crippen molar-refractivity contribution in [2.24, 2.45) is 22.9 Å². The van der Waals surface area contributed by atoms with Crippen molar-refractivity contribution in [2.75, 3.05) is 13.1 Å². The lowest BCUT2D eigenvalue weighted by Crippen LogP contribution is -2.59. The van der Waals surface area contributed by atoms with Crippen LogP contribution in [0.15, 0.2) is 30.3 Å². The molecule has 0 aliphatic rings. The third kappa shape index (κ3) is 17.7. The fraction of sp³-hybridized carbons (Fsp3) is 0.548. The molecular formula is C31H50N10O9. The average Bonchev–Trinajstić information content (AvgIpc) is 3.05. The Kier molecular flexibility index (Phi) is 19.8. The van der Waals surface area contributed by atoms with Gasteiger partial charge >= 0.3 is 11.9 Å². The number of nitrogens with one attached hydrogen (secondary N) is 6. The van der Waals surface area contributed by atoms with E-state index in [4.69, 9.17) is 28.3 Å². The molecule has 0 saturated carbocycles. The molecule has 50 heavy (non-hydrogen) atoms. The second-order valence-corrected chi connectivity index (χ2v) is 11.6. The molecule has 0 aliphatic heterocycles. The molecule has 0 fully saturated rings. The number of carbonyl (C=O) groups excluding carboxylic acids is 5. The van der Waals surface area contributed by atoms with Crippen LogP contribution in [0.2, 0.25) is 0 Å². The molecule has 278 valence electrons. The van der Waals surface area contributed by atoms with Gasteiger partial charge in [0.1, 0.15) is 24.2 Å². The Morgan fingerprint density at radius 1 is 0.680 bits per heavy atom. The second-order valence-electron chi connectivity index (χ2n) is 11.6. The van der Waals surface area contributed by atoms with Crippen LogP contribution in [0.4, 0.5) is 0 Å². The van der Waals surface area contributed by atoms with Gasteiger partial charge in [0.2, 0.25) is 29.5 Å². The molecule has 0 aromatic heterocycles. The van der Waals surface area contributed by atoms with E-state index in [9.17, 15) is 43.8 Å². The first-order valence-electron chi connectivity index (χ1n) is 16.2. The molecule has 0 unspecified atom stereocenters. The number of hydrogen-bond donors (Lipinski definition) is 12. The standard InChI is InChI=1S/C31H50N10O9/c32-15-5-4-9-19(33)26(45)41-23(17-18-7-2-1-3-8-18)29(48)39-21(12-14-25(43)44)28(47)38-20(10-6-16-37-31(35)36)27(46)40-22(30(49)50)11-13-24(34)42/h1-3,7-8,19-23H,4-6,9-17,32-33H2,(H2,34,42)(H,38,47)(H,39,48)(H,40,46)(H,41,45)(H,43,44)(H,49,50)(H4,35,36,37)/t19-,20-,21-,22-,23-/m0/s1. The van der Waals surface area contributed by atoms with Crippen molar-refractivity contribution >= 4 is 47.4 Å². The predicted molar refractivity (Wildman–Crippen MR) is 181 cm³/mol. The molecule has 0 aliphatic carbocycles. The smallest absolute Gasteiger partial charge is 0.326 e. The van der Waals surface area contributed by atoms with Gasteiger partial charge in [-0.2, -0.15) is 0 Å². The lowest BCUT2D eigenvalue weighted by atomic mass is 10.0. The van der Waals surface area contributed by atoms with E-state index in [2.05, 4.69) is 26.6 Å². The zero-order chi connectivity index (χ0) is 37.6. The molecule has 0 spiro atoms. The summed E-state index contributed by atoms with van der Waals surface area (Å²) in [5, 5.41) is 38.5. The summed E-state index contributed by atoms with van der Waals surface area (Å²) in [7, 11) is 0. The van der Waals surface area contributed by atoms with Crippen LogP contribution in [0.5, 0.6) is 0 Å². The summed E-state index contributed by atoms with van der Waals surface area (Å²) in [6, 6.07) is 2.04. The highest BCUT2D eigenvalue weighted by atomic mass is 16.4. The van der Waals surface area contributed by atoms with Gasteiger partial charge in [-0.3, -0.25) is 34.2 Å². The van der Waals surface area contributed by atoms with Crippen molar-refractivity contribution in [2.45, 2.75) is 94.4 Å². The Hall–Kier alpha value is -5.30. The Labute approximate surface area is 289 Å². The van der Waals surface area contributed by atoms with Gasteiger partial charge < -0.3 is 59.7 Å². The third-order valence-corrected chi connectivity index (χ3v) is 7.41. The highest BCUT2D eigenvalue weighted by molar-refractivity contribution is 5.95. The molecular weight excluding hydrogens is 656 g/mol. The minimum atomic E-state index is -1.53. The van der Waals surface area contributed by atoms with Crippen molar-refractivity contribution in [3.05, 3.63) is 35.9 Å². The number of benzene rings is 1. The van der Waals surface area contributed by atoms with Crippen LogP contribution >= 0.6 is 0 Å². The fourth-order valence-corrected chi connectivity index (χ4v) is 4.67. The maximum absolute atomic E-state index is 13.6. The molecule has 16 N–H and O–H groups in total. The highest BCUT2D eigenvalue weighted by Gasteiger charge is 2.32. The van der Waals surface area contributed by atoms with Gasteiger partial charge in [0.05, 0.1) is 6.04 Å². The van der Waals surface area contributed by atoms with Crippen LogP contribution in [0.25, 0.3) is 0 Å². The van der Waals surface area contributed by atoms with Gasteiger partial charge in [0.15, 0.2) is 5.96 Å². The third-order valence-electron chi connectivity index (χ3n) is 7.41. The Bertz CT molecular complexity index is 1310. The summed E-state index contributed by atoms with van der Waals surface area (Å²) in [4.78, 5) is 87.8. The minimum absolute atomic E-state index is 0.00272. The van der Waals surface area contributed by atoms with Crippen LogP contribution in [-0.2, 0) is 40.0 Å². The number of guanidine groups is 1. The van der Waals surface area contributed by atoms with E-state index in [0.717, 1.165) is 0 Å². The zero-order valence-electron chi connectivity index (χ0n) is 27.8. The molecule has 0 bridgehead atoms. The maximum Gasteiger partial charge on any atom is 0.326 e. The van der Waals surface area contributed by atoms with Crippen molar-refractivity contribution in [1.29, 1.82) is 5.41 Å². The topological polar surface area (TPSA) is 348 Å². The summed E-state index contributed by atoms with van der Waals surface area (Å²) in [5.41, 5.74) is 22.6. The van der Waals surface area contributed by atoms with Crippen molar-refractivity contribution < 1.29 is 43.8 Å². The first kappa shape index (κ1) is 42.7. The van der Waals surface area contributed by atoms with E-state index < -0.39 is 84.5 Å². The van der Waals surface area contributed by atoms with Gasteiger partial charge in [-0.05, 0) is 50.6 Å². The normalized spacial score (nSPS) is 13.7. The summed E-state index contributed by atoms with van der Waals surface area (Å²) >= 11 is 0. The van der Waals surface area contributed by atoms with Crippen LogP contribution in [-0.4, -0.2) is 101 Å². The maximum atomic E-state index is 13.6.